The first-order chi connectivity index (χ1) is 15.1. The van der Waals surface area contributed by atoms with Gasteiger partial charge in [0, 0.05) is 42.8 Å². The van der Waals surface area contributed by atoms with Gasteiger partial charge in [0.25, 0.3) is 0 Å². The van der Waals surface area contributed by atoms with E-state index in [-0.39, 0.29) is 29.9 Å². The minimum absolute atomic E-state index is 0.0330. The van der Waals surface area contributed by atoms with Crippen molar-refractivity contribution in [2.75, 3.05) is 20.6 Å². The van der Waals surface area contributed by atoms with Crippen LogP contribution in [0.4, 0.5) is 0 Å². The second-order valence-corrected chi connectivity index (χ2v) is 8.95. The van der Waals surface area contributed by atoms with Crippen molar-refractivity contribution >= 4 is 22.7 Å². The number of amides is 2. The van der Waals surface area contributed by atoms with Crippen LogP contribution >= 0.6 is 0 Å². The van der Waals surface area contributed by atoms with E-state index in [0.29, 0.717) is 12.5 Å². The van der Waals surface area contributed by atoms with Crippen LogP contribution in [0.3, 0.4) is 0 Å². The van der Waals surface area contributed by atoms with Gasteiger partial charge in [-0.1, -0.05) is 31.0 Å². The number of carbonyl (C=O) groups excluding carboxylic acids is 2. The number of likely N-dealkylation sites (N-methyl/N-ethyl adjacent to an activating group) is 2. The van der Waals surface area contributed by atoms with Gasteiger partial charge in [0.2, 0.25) is 11.8 Å². The summed E-state index contributed by atoms with van der Waals surface area (Å²) in [7, 11) is 3.55. The van der Waals surface area contributed by atoms with Gasteiger partial charge in [-0.05, 0) is 50.8 Å². The molecule has 0 unspecified atom stereocenters. The number of benzene rings is 1. The Labute approximate surface area is 184 Å². The average Bonchev–Trinajstić information content (AvgIpc) is 3.36. The van der Waals surface area contributed by atoms with E-state index in [9.17, 15) is 9.59 Å². The second kappa shape index (κ2) is 9.83. The molecule has 168 valence electrons. The number of rotatable bonds is 6. The molecule has 2 aliphatic heterocycles. The maximum Gasteiger partial charge on any atom is 0.237 e. The molecular weight excluding hydrogens is 390 g/mol. The van der Waals surface area contributed by atoms with Crippen LogP contribution in [0.2, 0.25) is 0 Å². The van der Waals surface area contributed by atoms with Crippen LogP contribution in [0.1, 0.15) is 44.1 Å². The number of carbonyl (C=O) groups is 2. The number of aromatic nitrogens is 1. The first-order valence-electron chi connectivity index (χ1n) is 11.6. The molecule has 2 amide bonds. The van der Waals surface area contributed by atoms with Crippen molar-refractivity contribution in [2.45, 2.75) is 69.1 Å². The zero-order valence-corrected chi connectivity index (χ0v) is 18.6. The van der Waals surface area contributed by atoms with Crippen molar-refractivity contribution < 1.29 is 9.59 Å². The lowest BCUT2D eigenvalue weighted by molar-refractivity contribution is -0.126. The molecular formula is C24H35N5O2. The molecule has 31 heavy (non-hydrogen) atoms. The van der Waals surface area contributed by atoms with Crippen LogP contribution in [0, 0.1) is 0 Å². The summed E-state index contributed by atoms with van der Waals surface area (Å²) >= 11 is 0. The first kappa shape index (κ1) is 21.8. The fourth-order valence-corrected chi connectivity index (χ4v) is 5.35. The Bertz CT molecular complexity index is 910. The zero-order chi connectivity index (χ0) is 21.8. The van der Waals surface area contributed by atoms with E-state index in [0.717, 1.165) is 61.5 Å². The molecule has 4 atom stereocenters. The van der Waals surface area contributed by atoms with E-state index in [4.69, 9.17) is 0 Å². The number of aromatic amines is 1. The summed E-state index contributed by atoms with van der Waals surface area (Å²) < 4.78 is 0. The number of fused-ring (bicyclic) bond motifs is 2. The molecule has 1 aromatic heterocycles. The van der Waals surface area contributed by atoms with E-state index in [1.807, 2.05) is 25.4 Å². The highest BCUT2D eigenvalue weighted by molar-refractivity contribution is 5.86. The Balaban J connectivity index is 1.43. The fraction of sp³-hybridized carbons (Fsp3) is 0.583. The molecule has 0 radical (unpaired) electrons. The highest BCUT2D eigenvalue weighted by Gasteiger charge is 2.39. The largest absolute Gasteiger partial charge is 0.361 e. The molecule has 4 rings (SSSR count). The Morgan fingerprint density at radius 3 is 2.74 bits per heavy atom. The van der Waals surface area contributed by atoms with Crippen LogP contribution in [-0.4, -0.2) is 66.5 Å². The minimum atomic E-state index is -0.297. The van der Waals surface area contributed by atoms with Crippen LogP contribution in [0.5, 0.6) is 0 Å². The minimum Gasteiger partial charge on any atom is -0.361 e. The third-order valence-electron chi connectivity index (χ3n) is 7.07. The van der Waals surface area contributed by atoms with Gasteiger partial charge in [-0.15, -0.1) is 0 Å². The summed E-state index contributed by atoms with van der Waals surface area (Å²) in [5.74, 6) is 0.131. The SMILES string of the molecule is CNC(=O)[C@@H]1CC[C@@H]2CCCC[C@H](NC(=O)[C@H](Cc3c[nH]c4ccccc34)NC)CN21. The molecule has 7 heteroatoms. The monoisotopic (exact) mass is 425 g/mol. The molecule has 0 saturated carbocycles. The second-order valence-electron chi connectivity index (χ2n) is 8.95. The van der Waals surface area contributed by atoms with Crippen LogP contribution in [-0.2, 0) is 16.0 Å². The van der Waals surface area contributed by atoms with Crippen LogP contribution < -0.4 is 16.0 Å². The van der Waals surface area contributed by atoms with Crippen molar-refractivity contribution in [1.82, 2.24) is 25.8 Å². The molecule has 2 fully saturated rings. The van der Waals surface area contributed by atoms with E-state index in [1.165, 1.54) is 0 Å². The lowest BCUT2D eigenvalue weighted by Gasteiger charge is -2.35. The van der Waals surface area contributed by atoms with E-state index < -0.39 is 0 Å². The molecule has 2 aromatic rings. The van der Waals surface area contributed by atoms with Gasteiger partial charge in [0.15, 0.2) is 0 Å². The van der Waals surface area contributed by atoms with Crippen molar-refractivity contribution in [1.29, 1.82) is 0 Å². The maximum atomic E-state index is 13.2. The lowest BCUT2D eigenvalue weighted by Crippen LogP contribution is -2.55. The normalized spacial score (nSPS) is 25.4. The van der Waals surface area contributed by atoms with Crippen molar-refractivity contribution in [3.8, 4) is 0 Å². The highest BCUT2D eigenvalue weighted by Crippen LogP contribution is 2.30. The van der Waals surface area contributed by atoms with Crippen molar-refractivity contribution in [2.24, 2.45) is 0 Å². The molecule has 4 N–H and O–H groups in total. The topological polar surface area (TPSA) is 89.3 Å². The maximum absolute atomic E-state index is 13.2. The van der Waals surface area contributed by atoms with Gasteiger partial charge in [-0.2, -0.15) is 0 Å². The summed E-state index contributed by atoms with van der Waals surface area (Å²) in [6.45, 7) is 0.748. The first-order valence-corrected chi connectivity index (χ1v) is 11.6. The van der Waals surface area contributed by atoms with Gasteiger partial charge in [-0.25, -0.2) is 0 Å². The van der Waals surface area contributed by atoms with Crippen molar-refractivity contribution in [3.63, 3.8) is 0 Å². The predicted octanol–water partition coefficient (Wildman–Crippen LogP) is 1.94. The number of hydrogen-bond donors (Lipinski definition) is 4. The number of para-hydroxylation sites is 1. The number of hydrogen-bond acceptors (Lipinski definition) is 4. The molecule has 1 aromatic carbocycles. The number of nitrogens with zero attached hydrogens (tertiary/aromatic N) is 1. The van der Waals surface area contributed by atoms with Crippen LogP contribution in [0.15, 0.2) is 30.5 Å². The fourth-order valence-electron chi connectivity index (χ4n) is 5.35. The van der Waals surface area contributed by atoms with Gasteiger partial charge in [0.05, 0.1) is 12.1 Å². The highest BCUT2D eigenvalue weighted by atomic mass is 16.2. The van der Waals surface area contributed by atoms with Crippen molar-refractivity contribution in [3.05, 3.63) is 36.0 Å². The predicted molar refractivity (Wildman–Crippen MR) is 123 cm³/mol. The number of nitrogens with one attached hydrogen (secondary N) is 4. The molecule has 2 saturated heterocycles. The Morgan fingerprint density at radius 2 is 1.94 bits per heavy atom. The number of H-pyrrole nitrogens is 1. The smallest absolute Gasteiger partial charge is 0.237 e. The van der Waals surface area contributed by atoms with E-state index in [1.54, 1.807) is 7.05 Å². The summed E-state index contributed by atoms with van der Waals surface area (Å²) in [5, 5.41) is 10.5. The van der Waals surface area contributed by atoms with Gasteiger partial charge >= 0.3 is 0 Å². The quantitative estimate of drug-likeness (QED) is 0.569. The van der Waals surface area contributed by atoms with E-state index in [2.05, 4.69) is 38.0 Å². The Kier molecular flexibility index (Phi) is 6.92. The van der Waals surface area contributed by atoms with E-state index >= 15 is 0 Å². The Morgan fingerprint density at radius 1 is 1.13 bits per heavy atom. The van der Waals surface area contributed by atoms with Gasteiger partial charge in [-0.3, -0.25) is 14.5 Å². The third-order valence-corrected chi connectivity index (χ3v) is 7.07. The zero-order valence-electron chi connectivity index (χ0n) is 18.6. The standard InChI is InChI=1S/C24H35N5O2/c1-25-21(13-16-14-27-20-10-6-5-9-19(16)20)23(30)28-17-7-3-4-8-18-11-12-22(24(31)26-2)29(18)15-17/h5-6,9-10,14,17-18,21-22,25,27H,3-4,7-8,11-13,15H2,1-2H3,(H,26,31)(H,28,30)/t17-,18-,21-,22-/m0/s1. The summed E-state index contributed by atoms with van der Waals surface area (Å²) in [4.78, 5) is 31.2. The third kappa shape index (κ3) is 4.77. The Hall–Kier alpha value is -2.38. The van der Waals surface area contributed by atoms with Gasteiger partial charge < -0.3 is 20.9 Å². The molecule has 0 aliphatic carbocycles. The average molecular weight is 426 g/mol. The van der Waals surface area contributed by atoms with Gasteiger partial charge in [0.1, 0.15) is 0 Å². The molecule has 0 spiro atoms. The molecule has 2 aliphatic rings. The van der Waals surface area contributed by atoms with Crippen LogP contribution in [0.25, 0.3) is 10.9 Å². The molecule has 7 nitrogen and oxygen atoms in total. The molecule has 3 heterocycles. The summed E-state index contributed by atoms with van der Waals surface area (Å²) in [5.41, 5.74) is 2.23. The molecule has 0 bridgehead atoms. The lowest BCUT2D eigenvalue weighted by atomic mass is 9.98. The summed E-state index contributed by atoms with van der Waals surface area (Å²) in [6, 6.07) is 8.33. The summed E-state index contributed by atoms with van der Waals surface area (Å²) in [6.07, 6.45) is 8.98.